The first-order valence-corrected chi connectivity index (χ1v) is 13.1. The number of benzene rings is 3. The SMILES string of the molecule is COc1ccc(S(=O)(=O)Oc2ccc3c(C)cc(=O)oc3c2OS(=O)(=O)c2ccc(OC)cc2)cc1. The van der Waals surface area contributed by atoms with E-state index in [1.54, 1.807) is 6.92 Å². The average Bonchev–Trinajstić information content (AvgIpc) is 2.85. The molecule has 0 atom stereocenters. The Labute approximate surface area is 206 Å². The molecule has 4 rings (SSSR count). The Hall–Kier alpha value is -4.03. The summed E-state index contributed by atoms with van der Waals surface area (Å²) in [4.78, 5) is 11.6. The van der Waals surface area contributed by atoms with Crippen molar-refractivity contribution in [3.8, 4) is 23.0 Å². The van der Waals surface area contributed by atoms with Crippen LogP contribution in [0.5, 0.6) is 23.0 Å². The Morgan fingerprint density at radius 2 is 1.19 bits per heavy atom. The van der Waals surface area contributed by atoms with E-state index in [9.17, 15) is 21.6 Å². The van der Waals surface area contributed by atoms with E-state index in [-0.39, 0.29) is 15.4 Å². The Morgan fingerprint density at radius 1 is 0.694 bits per heavy atom. The molecule has 1 aromatic heterocycles. The minimum absolute atomic E-state index is 0.224. The van der Waals surface area contributed by atoms with Crippen molar-refractivity contribution in [2.45, 2.75) is 16.7 Å². The molecule has 36 heavy (non-hydrogen) atoms. The van der Waals surface area contributed by atoms with Crippen LogP contribution in [0.25, 0.3) is 11.0 Å². The summed E-state index contributed by atoms with van der Waals surface area (Å²) in [6.07, 6.45) is 0. The fourth-order valence-corrected chi connectivity index (χ4v) is 5.17. The van der Waals surface area contributed by atoms with E-state index in [0.717, 1.165) is 0 Å². The van der Waals surface area contributed by atoms with Crippen molar-refractivity contribution in [1.29, 1.82) is 0 Å². The smallest absolute Gasteiger partial charge is 0.339 e. The van der Waals surface area contributed by atoms with Crippen molar-refractivity contribution in [2.24, 2.45) is 0 Å². The highest BCUT2D eigenvalue weighted by molar-refractivity contribution is 7.87. The van der Waals surface area contributed by atoms with Crippen molar-refractivity contribution in [2.75, 3.05) is 14.2 Å². The molecule has 0 N–H and O–H groups in total. The van der Waals surface area contributed by atoms with Crippen LogP contribution in [0.3, 0.4) is 0 Å². The summed E-state index contributed by atoms with van der Waals surface area (Å²) in [6, 6.07) is 14.5. The largest absolute Gasteiger partial charge is 0.497 e. The van der Waals surface area contributed by atoms with Crippen molar-refractivity contribution in [3.63, 3.8) is 0 Å². The summed E-state index contributed by atoms with van der Waals surface area (Å²) in [5.41, 5.74) is -0.626. The van der Waals surface area contributed by atoms with Gasteiger partial charge in [0, 0.05) is 11.5 Å². The molecular formula is C24H20O10S2. The van der Waals surface area contributed by atoms with E-state index < -0.39 is 37.4 Å². The Bertz CT molecular complexity index is 1690. The first-order valence-electron chi connectivity index (χ1n) is 10.3. The second-order valence-corrected chi connectivity index (χ2v) is 10.5. The number of ether oxygens (including phenoxy) is 2. The molecule has 0 saturated heterocycles. The predicted molar refractivity (Wildman–Crippen MR) is 129 cm³/mol. The highest BCUT2D eigenvalue weighted by atomic mass is 32.2. The molecule has 0 bridgehead atoms. The third kappa shape index (κ3) is 4.99. The molecule has 4 aromatic rings. The van der Waals surface area contributed by atoms with Crippen LogP contribution in [-0.2, 0) is 20.2 Å². The summed E-state index contributed by atoms with van der Waals surface area (Å²) in [6.45, 7) is 1.61. The van der Waals surface area contributed by atoms with Gasteiger partial charge in [-0.15, -0.1) is 0 Å². The van der Waals surface area contributed by atoms with Crippen molar-refractivity contribution in [1.82, 2.24) is 0 Å². The van der Waals surface area contributed by atoms with Crippen LogP contribution in [0.1, 0.15) is 5.56 Å². The first kappa shape index (κ1) is 25.1. The third-order valence-corrected chi connectivity index (χ3v) is 7.61. The monoisotopic (exact) mass is 532 g/mol. The van der Waals surface area contributed by atoms with Crippen LogP contribution in [0.2, 0.25) is 0 Å². The molecule has 0 aliphatic heterocycles. The molecule has 12 heteroatoms. The summed E-state index contributed by atoms with van der Waals surface area (Å²) in [5.74, 6) is -0.257. The van der Waals surface area contributed by atoms with Gasteiger partial charge in [0.25, 0.3) is 0 Å². The minimum atomic E-state index is -4.52. The maximum atomic E-state index is 13.1. The molecule has 0 spiro atoms. The van der Waals surface area contributed by atoms with E-state index in [4.69, 9.17) is 22.3 Å². The number of aryl methyl sites for hydroxylation is 1. The van der Waals surface area contributed by atoms with E-state index in [1.807, 2.05) is 0 Å². The highest BCUT2D eigenvalue weighted by Gasteiger charge is 2.27. The second-order valence-electron chi connectivity index (χ2n) is 7.44. The zero-order valence-corrected chi connectivity index (χ0v) is 20.9. The number of fused-ring (bicyclic) bond motifs is 1. The number of hydrogen-bond donors (Lipinski definition) is 0. The fourth-order valence-electron chi connectivity index (χ4n) is 3.29. The number of hydrogen-bond acceptors (Lipinski definition) is 10. The Kier molecular flexibility index (Phi) is 6.65. The lowest BCUT2D eigenvalue weighted by molar-refractivity contribution is 0.413. The van der Waals surface area contributed by atoms with Gasteiger partial charge in [-0.3, -0.25) is 0 Å². The van der Waals surface area contributed by atoms with Crippen LogP contribution in [0.4, 0.5) is 0 Å². The normalized spacial score (nSPS) is 11.8. The first-order chi connectivity index (χ1) is 17.0. The maximum absolute atomic E-state index is 13.1. The van der Waals surface area contributed by atoms with Gasteiger partial charge in [0.05, 0.1) is 14.2 Å². The van der Waals surface area contributed by atoms with Crippen LogP contribution < -0.4 is 23.5 Å². The molecule has 0 amide bonds. The third-order valence-electron chi connectivity index (χ3n) is 5.13. The second kappa shape index (κ2) is 9.55. The van der Waals surface area contributed by atoms with Crippen LogP contribution >= 0.6 is 0 Å². The van der Waals surface area contributed by atoms with Gasteiger partial charge in [0.1, 0.15) is 21.3 Å². The molecule has 0 fully saturated rings. The zero-order chi connectivity index (χ0) is 26.1. The molecule has 1 heterocycles. The van der Waals surface area contributed by atoms with Gasteiger partial charge >= 0.3 is 25.9 Å². The van der Waals surface area contributed by atoms with Crippen LogP contribution in [0, 0.1) is 6.92 Å². The standard InChI is InChI=1S/C24H20O10S2/c1-15-14-22(25)32-23-20(15)12-13-21(33-35(26,27)18-8-4-16(30-2)5-9-18)24(23)34-36(28,29)19-10-6-17(31-3)7-11-19/h4-14H,1-3H3. The highest BCUT2D eigenvalue weighted by Crippen LogP contribution is 2.39. The zero-order valence-electron chi connectivity index (χ0n) is 19.2. The van der Waals surface area contributed by atoms with Gasteiger partial charge in [-0.1, -0.05) is 0 Å². The van der Waals surface area contributed by atoms with Gasteiger partial charge in [0.15, 0.2) is 11.3 Å². The molecule has 0 unspecified atom stereocenters. The molecule has 10 nitrogen and oxygen atoms in total. The maximum Gasteiger partial charge on any atom is 0.339 e. The summed E-state index contributed by atoms with van der Waals surface area (Å²) >= 11 is 0. The summed E-state index contributed by atoms with van der Waals surface area (Å²) in [5, 5.41) is 0.323. The van der Waals surface area contributed by atoms with E-state index in [1.165, 1.54) is 80.9 Å². The Morgan fingerprint density at radius 3 is 1.69 bits per heavy atom. The van der Waals surface area contributed by atoms with Gasteiger partial charge in [-0.25, -0.2) is 4.79 Å². The van der Waals surface area contributed by atoms with E-state index in [0.29, 0.717) is 22.4 Å². The number of methoxy groups -OCH3 is 2. The van der Waals surface area contributed by atoms with Crippen LogP contribution in [-0.4, -0.2) is 31.1 Å². The molecular weight excluding hydrogens is 512 g/mol. The molecule has 0 aliphatic rings. The minimum Gasteiger partial charge on any atom is -0.497 e. The number of rotatable bonds is 8. The lowest BCUT2D eigenvalue weighted by Gasteiger charge is -2.15. The topological polar surface area (TPSA) is 135 Å². The summed E-state index contributed by atoms with van der Waals surface area (Å²) in [7, 11) is -6.11. The van der Waals surface area contributed by atoms with Gasteiger partial charge in [0.2, 0.25) is 5.75 Å². The predicted octanol–water partition coefficient (Wildman–Crippen LogP) is 3.65. The van der Waals surface area contributed by atoms with Crippen molar-refractivity contribution in [3.05, 3.63) is 82.7 Å². The average molecular weight is 533 g/mol. The molecule has 0 radical (unpaired) electrons. The Balaban J connectivity index is 1.85. The molecule has 0 aliphatic carbocycles. The fraction of sp³-hybridized carbons (Fsp3) is 0.125. The van der Waals surface area contributed by atoms with Gasteiger partial charge in [-0.2, -0.15) is 16.8 Å². The lowest BCUT2D eigenvalue weighted by Crippen LogP contribution is -2.14. The molecule has 188 valence electrons. The molecule has 3 aromatic carbocycles. The molecule has 0 saturated carbocycles. The van der Waals surface area contributed by atoms with Gasteiger partial charge < -0.3 is 22.3 Å². The van der Waals surface area contributed by atoms with E-state index in [2.05, 4.69) is 0 Å². The van der Waals surface area contributed by atoms with Crippen molar-refractivity contribution < 1.29 is 39.1 Å². The summed E-state index contributed by atoms with van der Waals surface area (Å²) < 4.78 is 77.9. The quantitative estimate of drug-likeness (QED) is 0.244. The van der Waals surface area contributed by atoms with Crippen molar-refractivity contribution >= 4 is 31.2 Å². The lowest BCUT2D eigenvalue weighted by atomic mass is 10.1. The van der Waals surface area contributed by atoms with Gasteiger partial charge in [-0.05, 0) is 73.2 Å². The van der Waals surface area contributed by atoms with Crippen LogP contribution in [0.15, 0.2) is 85.7 Å². The van der Waals surface area contributed by atoms with E-state index >= 15 is 0 Å².